The van der Waals surface area contributed by atoms with Gasteiger partial charge >= 0.3 is 5.63 Å². The Morgan fingerprint density at radius 1 is 1.04 bits per heavy atom. The van der Waals surface area contributed by atoms with E-state index in [0.717, 1.165) is 9.86 Å². The van der Waals surface area contributed by atoms with Crippen LogP contribution in [0.2, 0.25) is 0 Å². The molecule has 0 aliphatic carbocycles. The van der Waals surface area contributed by atoms with E-state index in [1.54, 1.807) is 18.2 Å². The SMILES string of the molecule is O=c1oc2ccc(Br)cc2cc1-c1nc(-c2ccc(F)cc2)no1. The number of fused-ring (bicyclic) bond motifs is 1. The number of hydrogen-bond acceptors (Lipinski definition) is 5. The van der Waals surface area contributed by atoms with Gasteiger partial charge in [0.1, 0.15) is 17.0 Å². The van der Waals surface area contributed by atoms with Crippen LogP contribution >= 0.6 is 15.9 Å². The fourth-order valence-electron chi connectivity index (χ4n) is 2.29. The number of rotatable bonds is 2. The fraction of sp³-hybridized carbons (Fsp3) is 0. The van der Waals surface area contributed by atoms with Gasteiger partial charge in [0.05, 0.1) is 0 Å². The Morgan fingerprint density at radius 2 is 1.83 bits per heavy atom. The van der Waals surface area contributed by atoms with Crippen molar-refractivity contribution >= 4 is 26.9 Å². The molecule has 4 rings (SSSR count). The van der Waals surface area contributed by atoms with Crippen molar-refractivity contribution in [2.45, 2.75) is 0 Å². The van der Waals surface area contributed by atoms with Crippen molar-refractivity contribution < 1.29 is 13.3 Å². The zero-order valence-electron chi connectivity index (χ0n) is 12.0. The standard InChI is InChI=1S/C17H8BrFN2O3/c18-11-3-6-14-10(7-11)8-13(17(22)23-14)16-20-15(21-24-16)9-1-4-12(19)5-2-9/h1-8H. The summed E-state index contributed by atoms with van der Waals surface area (Å²) in [7, 11) is 0. The Balaban J connectivity index is 1.81. The normalized spacial score (nSPS) is 11.1. The topological polar surface area (TPSA) is 69.1 Å². The van der Waals surface area contributed by atoms with Crippen LogP contribution in [0.1, 0.15) is 0 Å². The van der Waals surface area contributed by atoms with Crippen LogP contribution in [-0.2, 0) is 0 Å². The van der Waals surface area contributed by atoms with Crippen molar-refractivity contribution in [1.82, 2.24) is 10.1 Å². The van der Waals surface area contributed by atoms with Crippen LogP contribution < -0.4 is 5.63 Å². The predicted molar refractivity (Wildman–Crippen MR) is 88.9 cm³/mol. The van der Waals surface area contributed by atoms with Crippen LogP contribution in [0.5, 0.6) is 0 Å². The van der Waals surface area contributed by atoms with Gasteiger partial charge in [0, 0.05) is 15.4 Å². The molecule has 0 saturated carbocycles. The van der Waals surface area contributed by atoms with E-state index in [1.807, 2.05) is 6.07 Å². The molecule has 4 aromatic rings. The third kappa shape index (κ3) is 2.63. The summed E-state index contributed by atoms with van der Waals surface area (Å²) in [5.41, 5.74) is 0.644. The van der Waals surface area contributed by atoms with Gasteiger partial charge in [-0.3, -0.25) is 0 Å². The second-order valence-corrected chi connectivity index (χ2v) is 5.98. The zero-order chi connectivity index (χ0) is 16.7. The fourth-order valence-corrected chi connectivity index (χ4v) is 2.67. The van der Waals surface area contributed by atoms with Gasteiger partial charge in [0.2, 0.25) is 5.82 Å². The summed E-state index contributed by atoms with van der Waals surface area (Å²) in [6.07, 6.45) is 0. The Labute approximate surface area is 142 Å². The largest absolute Gasteiger partial charge is 0.422 e. The Kier molecular flexibility index (Phi) is 3.50. The third-order valence-corrected chi connectivity index (χ3v) is 3.95. The molecular weight excluding hydrogens is 379 g/mol. The van der Waals surface area contributed by atoms with Crippen molar-refractivity contribution in [2.75, 3.05) is 0 Å². The van der Waals surface area contributed by atoms with Crippen molar-refractivity contribution in [3.05, 3.63) is 69.2 Å². The lowest BCUT2D eigenvalue weighted by Gasteiger charge is -1.99. The lowest BCUT2D eigenvalue weighted by Crippen LogP contribution is -2.02. The molecule has 2 aromatic carbocycles. The van der Waals surface area contributed by atoms with Gasteiger partial charge in [-0.2, -0.15) is 4.98 Å². The maximum Gasteiger partial charge on any atom is 0.349 e. The van der Waals surface area contributed by atoms with Crippen LogP contribution in [0.3, 0.4) is 0 Å². The summed E-state index contributed by atoms with van der Waals surface area (Å²) < 4.78 is 24.3. The number of halogens is 2. The molecule has 7 heteroatoms. The average molecular weight is 387 g/mol. The highest BCUT2D eigenvalue weighted by molar-refractivity contribution is 9.10. The van der Waals surface area contributed by atoms with Gasteiger partial charge in [-0.1, -0.05) is 21.1 Å². The lowest BCUT2D eigenvalue weighted by molar-refractivity contribution is 0.429. The summed E-state index contributed by atoms with van der Waals surface area (Å²) >= 11 is 3.37. The van der Waals surface area contributed by atoms with Crippen LogP contribution in [0.4, 0.5) is 4.39 Å². The summed E-state index contributed by atoms with van der Waals surface area (Å²) in [6.45, 7) is 0. The van der Waals surface area contributed by atoms with Gasteiger partial charge in [0.15, 0.2) is 0 Å². The first-order chi connectivity index (χ1) is 11.6. The number of hydrogen-bond donors (Lipinski definition) is 0. The molecule has 2 aromatic heterocycles. The number of benzene rings is 2. The monoisotopic (exact) mass is 386 g/mol. The van der Waals surface area contributed by atoms with E-state index in [9.17, 15) is 9.18 Å². The lowest BCUT2D eigenvalue weighted by atomic mass is 10.2. The van der Waals surface area contributed by atoms with Crippen molar-refractivity contribution in [1.29, 1.82) is 0 Å². The summed E-state index contributed by atoms with van der Waals surface area (Å²) in [5.74, 6) is -0.0492. The van der Waals surface area contributed by atoms with Gasteiger partial charge in [-0.15, -0.1) is 0 Å². The molecule has 0 aliphatic rings. The van der Waals surface area contributed by atoms with Gasteiger partial charge < -0.3 is 8.94 Å². The zero-order valence-corrected chi connectivity index (χ0v) is 13.6. The van der Waals surface area contributed by atoms with E-state index < -0.39 is 5.63 Å². The summed E-state index contributed by atoms with van der Waals surface area (Å²) in [4.78, 5) is 16.4. The third-order valence-electron chi connectivity index (χ3n) is 3.45. The molecule has 0 unspecified atom stereocenters. The molecule has 0 aliphatic heterocycles. The van der Waals surface area contributed by atoms with Crippen LogP contribution in [0.15, 0.2) is 66.7 Å². The van der Waals surface area contributed by atoms with E-state index in [1.165, 1.54) is 24.3 Å². The van der Waals surface area contributed by atoms with Gasteiger partial charge in [-0.25, -0.2) is 9.18 Å². The van der Waals surface area contributed by atoms with Gasteiger partial charge in [-0.05, 0) is 48.5 Å². The molecule has 0 radical (unpaired) electrons. The maximum atomic E-state index is 13.0. The minimum atomic E-state index is -0.570. The van der Waals surface area contributed by atoms with E-state index in [0.29, 0.717) is 11.1 Å². The number of nitrogens with zero attached hydrogens (tertiary/aromatic N) is 2. The molecule has 0 spiro atoms. The highest BCUT2D eigenvalue weighted by atomic mass is 79.9. The smallest absolute Gasteiger partial charge is 0.349 e. The minimum absolute atomic E-state index is 0.0463. The molecule has 24 heavy (non-hydrogen) atoms. The second-order valence-electron chi connectivity index (χ2n) is 5.06. The van der Waals surface area contributed by atoms with Crippen LogP contribution in [0.25, 0.3) is 33.8 Å². The molecule has 2 heterocycles. The summed E-state index contributed by atoms with van der Waals surface area (Å²) in [6, 6.07) is 12.6. The Morgan fingerprint density at radius 3 is 2.62 bits per heavy atom. The van der Waals surface area contributed by atoms with E-state index in [-0.39, 0.29) is 23.1 Å². The maximum absolute atomic E-state index is 13.0. The van der Waals surface area contributed by atoms with E-state index >= 15 is 0 Å². The average Bonchev–Trinajstić information content (AvgIpc) is 3.05. The molecule has 0 saturated heterocycles. The summed E-state index contributed by atoms with van der Waals surface area (Å²) in [5, 5.41) is 4.56. The van der Waals surface area contributed by atoms with Gasteiger partial charge in [0.25, 0.3) is 5.89 Å². The Hall–Kier alpha value is -2.80. The Bertz CT molecular complexity index is 1100. The molecule has 0 bridgehead atoms. The highest BCUT2D eigenvalue weighted by Crippen LogP contribution is 2.25. The number of aromatic nitrogens is 2. The van der Waals surface area contributed by atoms with Crippen molar-refractivity contribution in [3.8, 4) is 22.8 Å². The molecule has 0 fully saturated rings. The first-order valence-electron chi connectivity index (χ1n) is 6.93. The predicted octanol–water partition coefficient (Wildman–Crippen LogP) is 4.41. The minimum Gasteiger partial charge on any atom is -0.422 e. The molecule has 0 atom stereocenters. The van der Waals surface area contributed by atoms with Crippen LogP contribution in [-0.4, -0.2) is 10.1 Å². The molecule has 118 valence electrons. The first kappa shape index (κ1) is 14.8. The highest BCUT2D eigenvalue weighted by Gasteiger charge is 2.16. The first-order valence-corrected chi connectivity index (χ1v) is 7.73. The molecule has 0 amide bonds. The van der Waals surface area contributed by atoms with E-state index in [4.69, 9.17) is 8.94 Å². The van der Waals surface area contributed by atoms with E-state index in [2.05, 4.69) is 26.1 Å². The van der Waals surface area contributed by atoms with Crippen molar-refractivity contribution in [2.24, 2.45) is 0 Å². The molecular formula is C17H8BrFN2O3. The quantitative estimate of drug-likeness (QED) is 0.477. The van der Waals surface area contributed by atoms with Crippen LogP contribution in [0, 0.1) is 5.82 Å². The molecule has 0 N–H and O–H groups in total. The second kappa shape index (κ2) is 5.68. The molecule has 5 nitrogen and oxygen atoms in total. The van der Waals surface area contributed by atoms with Crippen molar-refractivity contribution in [3.63, 3.8) is 0 Å².